The van der Waals surface area contributed by atoms with Gasteiger partial charge in [-0.05, 0) is 30.3 Å². The first-order valence-electron chi connectivity index (χ1n) is 5.46. The zero-order valence-corrected chi connectivity index (χ0v) is 11.6. The van der Waals surface area contributed by atoms with E-state index in [2.05, 4.69) is 10.1 Å². The van der Waals surface area contributed by atoms with Gasteiger partial charge in [0.15, 0.2) is 0 Å². The van der Waals surface area contributed by atoms with Crippen LogP contribution in [0.25, 0.3) is 0 Å². The Morgan fingerprint density at radius 3 is 2.84 bits per heavy atom. The van der Waals surface area contributed by atoms with E-state index in [1.165, 1.54) is 36.6 Å². The van der Waals surface area contributed by atoms with Crippen molar-refractivity contribution in [2.45, 2.75) is 6.54 Å². The fourth-order valence-corrected chi connectivity index (χ4v) is 2.61. The Morgan fingerprint density at radius 2 is 2.21 bits per heavy atom. The molecule has 0 aliphatic heterocycles. The van der Waals surface area contributed by atoms with Crippen LogP contribution < -0.4 is 5.32 Å². The number of ether oxygens (including phenoxy) is 1. The molecule has 0 aliphatic rings. The van der Waals surface area contributed by atoms with Crippen LogP contribution in [0.3, 0.4) is 0 Å². The van der Waals surface area contributed by atoms with Gasteiger partial charge in [0.1, 0.15) is 5.82 Å². The molecule has 0 amide bonds. The van der Waals surface area contributed by atoms with Crippen molar-refractivity contribution in [3.63, 3.8) is 0 Å². The van der Waals surface area contributed by atoms with Gasteiger partial charge < -0.3 is 10.1 Å². The van der Waals surface area contributed by atoms with Crippen molar-refractivity contribution < 1.29 is 13.9 Å². The van der Waals surface area contributed by atoms with Crippen LogP contribution in [0.4, 0.5) is 10.1 Å². The van der Waals surface area contributed by atoms with Crippen molar-refractivity contribution in [3.8, 4) is 0 Å². The Hall–Kier alpha value is -1.59. The molecule has 1 heterocycles. The Kier molecular flexibility index (Phi) is 4.39. The van der Waals surface area contributed by atoms with Crippen molar-refractivity contribution in [2.24, 2.45) is 0 Å². The number of hydrogen-bond acceptors (Lipinski definition) is 4. The van der Waals surface area contributed by atoms with Crippen molar-refractivity contribution in [3.05, 3.63) is 50.9 Å². The lowest BCUT2D eigenvalue weighted by atomic mass is 10.1. The van der Waals surface area contributed by atoms with Gasteiger partial charge in [-0.15, -0.1) is 11.3 Å². The lowest BCUT2D eigenvalue weighted by Gasteiger charge is -2.10. The number of esters is 1. The summed E-state index contributed by atoms with van der Waals surface area (Å²) in [5, 5.41) is 3.01. The Labute approximate surface area is 119 Å². The molecule has 3 nitrogen and oxygen atoms in total. The van der Waals surface area contributed by atoms with Crippen molar-refractivity contribution >= 4 is 34.6 Å². The molecule has 100 valence electrons. The quantitative estimate of drug-likeness (QED) is 0.869. The highest BCUT2D eigenvalue weighted by Gasteiger charge is 2.12. The third kappa shape index (κ3) is 3.45. The van der Waals surface area contributed by atoms with Crippen molar-refractivity contribution in [1.29, 1.82) is 0 Å². The number of anilines is 1. The number of hydrogen-bond donors (Lipinski definition) is 1. The van der Waals surface area contributed by atoms with Gasteiger partial charge in [0.2, 0.25) is 0 Å². The molecule has 0 radical (unpaired) electrons. The average molecular weight is 300 g/mol. The largest absolute Gasteiger partial charge is 0.465 e. The van der Waals surface area contributed by atoms with Crippen LogP contribution in [0.5, 0.6) is 0 Å². The lowest BCUT2D eigenvalue weighted by Crippen LogP contribution is -2.08. The summed E-state index contributed by atoms with van der Waals surface area (Å²) in [5.41, 5.74) is 0.697. The summed E-state index contributed by atoms with van der Waals surface area (Å²) in [6.45, 7) is 0.463. The van der Waals surface area contributed by atoms with E-state index in [4.69, 9.17) is 11.6 Å². The Morgan fingerprint density at radius 1 is 1.42 bits per heavy atom. The number of nitrogens with one attached hydrogen (secondary N) is 1. The Balaban J connectivity index is 2.18. The minimum atomic E-state index is -0.508. The normalized spacial score (nSPS) is 10.3. The highest BCUT2D eigenvalue weighted by Crippen LogP contribution is 2.24. The molecule has 0 fully saturated rings. The maximum absolute atomic E-state index is 13.2. The molecule has 2 rings (SSSR count). The summed E-state index contributed by atoms with van der Waals surface area (Å²) < 4.78 is 18.6. The monoisotopic (exact) mass is 299 g/mol. The molecule has 6 heteroatoms. The predicted octanol–water partition coefficient (Wildman–Crippen LogP) is 3.94. The van der Waals surface area contributed by atoms with Crippen LogP contribution in [0.2, 0.25) is 4.34 Å². The van der Waals surface area contributed by atoms with E-state index in [9.17, 15) is 9.18 Å². The number of carbonyl (C=O) groups excluding carboxylic acids is 1. The third-order valence-electron chi connectivity index (χ3n) is 2.47. The van der Waals surface area contributed by atoms with Crippen molar-refractivity contribution in [2.75, 3.05) is 12.4 Å². The van der Waals surface area contributed by atoms with Gasteiger partial charge in [0.05, 0.1) is 22.7 Å². The summed E-state index contributed by atoms with van der Waals surface area (Å²) >= 11 is 7.25. The highest BCUT2D eigenvalue weighted by atomic mass is 35.5. The van der Waals surface area contributed by atoms with E-state index in [0.29, 0.717) is 22.1 Å². The molecular weight excluding hydrogens is 289 g/mol. The first kappa shape index (κ1) is 13.8. The second-order valence-electron chi connectivity index (χ2n) is 3.74. The van der Waals surface area contributed by atoms with Crippen LogP contribution in [0.15, 0.2) is 30.3 Å². The highest BCUT2D eigenvalue weighted by molar-refractivity contribution is 7.16. The van der Waals surface area contributed by atoms with Crippen LogP contribution in [0.1, 0.15) is 15.2 Å². The molecule has 2 aromatic rings. The zero-order chi connectivity index (χ0) is 13.8. The first-order valence-corrected chi connectivity index (χ1v) is 6.65. The number of thiophene rings is 1. The minimum Gasteiger partial charge on any atom is -0.465 e. The lowest BCUT2D eigenvalue weighted by molar-refractivity contribution is 0.0602. The minimum absolute atomic E-state index is 0.298. The number of carbonyl (C=O) groups is 1. The molecule has 0 aliphatic carbocycles. The topological polar surface area (TPSA) is 38.3 Å². The molecule has 1 aromatic carbocycles. The van der Waals surface area contributed by atoms with E-state index in [-0.39, 0.29) is 0 Å². The van der Waals surface area contributed by atoms with E-state index in [1.807, 2.05) is 6.07 Å². The standard InChI is InChI=1S/C13H11ClFNO2S/c1-18-13(17)10-4-2-8(15)6-11(10)16-7-9-3-5-12(14)19-9/h2-6,16H,7H2,1H3. The molecule has 0 bridgehead atoms. The number of halogens is 2. The van der Waals surface area contributed by atoms with Crippen LogP contribution >= 0.6 is 22.9 Å². The summed E-state index contributed by atoms with van der Waals surface area (Å²) in [6.07, 6.45) is 0. The van der Waals surface area contributed by atoms with Crippen molar-refractivity contribution in [1.82, 2.24) is 0 Å². The van der Waals surface area contributed by atoms with Crippen LogP contribution in [-0.2, 0) is 11.3 Å². The van der Waals surface area contributed by atoms with Gasteiger partial charge in [-0.2, -0.15) is 0 Å². The van der Waals surface area contributed by atoms with E-state index in [1.54, 1.807) is 6.07 Å². The van der Waals surface area contributed by atoms with Gasteiger partial charge in [-0.3, -0.25) is 0 Å². The fourth-order valence-electron chi connectivity index (χ4n) is 1.58. The summed E-state index contributed by atoms with van der Waals surface area (Å²) in [6, 6.07) is 7.54. The third-order valence-corrected chi connectivity index (χ3v) is 3.70. The second-order valence-corrected chi connectivity index (χ2v) is 5.54. The zero-order valence-electron chi connectivity index (χ0n) is 10.1. The maximum atomic E-state index is 13.2. The summed E-state index contributed by atoms with van der Waals surface area (Å²) in [7, 11) is 1.29. The van der Waals surface area contributed by atoms with E-state index < -0.39 is 11.8 Å². The number of rotatable bonds is 4. The predicted molar refractivity (Wildman–Crippen MR) is 74.4 cm³/mol. The first-order chi connectivity index (χ1) is 9.10. The van der Waals surface area contributed by atoms with Crippen LogP contribution in [0, 0.1) is 5.82 Å². The van der Waals surface area contributed by atoms with Gasteiger partial charge >= 0.3 is 5.97 Å². The molecule has 1 N–H and O–H groups in total. The second kappa shape index (κ2) is 6.04. The van der Waals surface area contributed by atoms with E-state index in [0.717, 1.165) is 4.88 Å². The molecular formula is C13H11ClFNO2S. The smallest absolute Gasteiger partial charge is 0.339 e. The number of methoxy groups -OCH3 is 1. The summed E-state index contributed by atoms with van der Waals surface area (Å²) in [5.74, 6) is -0.925. The van der Waals surface area contributed by atoms with E-state index >= 15 is 0 Å². The molecule has 0 spiro atoms. The molecule has 0 saturated heterocycles. The van der Waals surface area contributed by atoms with Crippen LogP contribution in [-0.4, -0.2) is 13.1 Å². The summed E-state index contributed by atoms with van der Waals surface area (Å²) in [4.78, 5) is 12.5. The van der Waals surface area contributed by atoms with Gasteiger partial charge in [-0.25, -0.2) is 9.18 Å². The molecule has 0 unspecified atom stereocenters. The number of benzene rings is 1. The molecule has 0 atom stereocenters. The SMILES string of the molecule is COC(=O)c1ccc(F)cc1NCc1ccc(Cl)s1. The molecule has 1 aromatic heterocycles. The van der Waals surface area contributed by atoms with Gasteiger partial charge in [0.25, 0.3) is 0 Å². The average Bonchev–Trinajstić information content (AvgIpc) is 2.81. The van der Waals surface area contributed by atoms with Gasteiger partial charge in [0, 0.05) is 11.4 Å². The Bertz CT molecular complexity index is 600. The maximum Gasteiger partial charge on any atom is 0.339 e. The fraction of sp³-hybridized carbons (Fsp3) is 0.154. The van der Waals surface area contributed by atoms with Gasteiger partial charge in [-0.1, -0.05) is 11.6 Å². The molecule has 19 heavy (non-hydrogen) atoms. The molecule has 0 saturated carbocycles.